The van der Waals surface area contributed by atoms with Crippen molar-refractivity contribution in [3.05, 3.63) is 35.4 Å². The molecule has 0 aliphatic carbocycles. The molecule has 108 valence electrons. The molecule has 19 heavy (non-hydrogen) atoms. The Bertz CT molecular complexity index is 344. The van der Waals surface area contributed by atoms with Crippen LogP contribution in [0.3, 0.4) is 0 Å². The normalized spacial score (nSPS) is 12.1. The van der Waals surface area contributed by atoms with Crippen molar-refractivity contribution in [3.8, 4) is 0 Å². The van der Waals surface area contributed by atoms with Gasteiger partial charge in [0.1, 0.15) is 0 Å². The van der Waals surface area contributed by atoms with Crippen LogP contribution in [0.15, 0.2) is 24.3 Å². The first-order valence-electron chi connectivity index (χ1n) is 7.68. The van der Waals surface area contributed by atoms with Gasteiger partial charge in [0.05, 0.1) is 0 Å². The second kappa shape index (κ2) is 7.66. The number of benzene rings is 1. The van der Waals surface area contributed by atoms with E-state index >= 15 is 0 Å². The molecule has 0 aliphatic heterocycles. The van der Waals surface area contributed by atoms with Crippen LogP contribution in [0, 0.1) is 0 Å². The highest BCUT2D eigenvalue weighted by molar-refractivity contribution is 5.22. The Hall–Kier alpha value is -0.860. The summed E-state index contributed by atoms with van der Waals surface area (Å²) in [6.07, 6.45) is 3.33. The van der Waals surface area contributed by atoms with E-state index in [0.717, 1.165) is 38.9 Å². The summed E-state index contributed by atoms with van der Waals surface area (Å²) in [5, 5.41) is 0. The van der Waals surface area contributed by atoms with Gasteiger partial charge in [-0.25, -0.2) is 0 Å². The average Bonchev–Trinajstić information content (AvgIpc) is 2.49. The van der Waals surface area contributed by atoms with Crippen molar-refractivity contribution >= 4 is 0 Å². The van der Waals surface area contributed by atoms with Crippen molar-refractivity contribution in [1.82, 2.24) is 4.90 Å². The minimum Gasteiger partial charge on any atom is -0.329 e. The standard InChI is InChI=1S/C17H30N2/c1-5-15-9-11-16(12-10-15)13-19(8-4)17(6-2,7-3)14-18/h9-12H,5-8,13-14,18H2,1-4H3. The van der Waals surface area contributed by atoms with E-state index in [4.69, 9.17) is 5.73 Å². The highest BCUT2D eigenvalue weighted by Crippen LogP contribution is 2.25. The average molecular weight is 262 g/mol. The zero-order valence-electron chi connectivity index (χ0n) is 13.1. The zero-order valence-corrected chi connectivity index (χ0v) is 13.1. The molecule has 0 saturated carbocycles. The predicted octanol–water partition coefficient (Wildman–Crippen LogP) is 3.59. The van der Waals surface area contributed by atoms with Gasteiger partial charge in [-0.1, -0.05) is 52.0 Å². The zero-order chi connectivity index (χ0) is 14.3. The van der Waals surface area contributed by atoms with Gasteiger partial charge in [-0.15, -0.1) is 0 Å². The van der Waals surface area contributed by atoms with Crippen molar-refractivity contribution in [2.75, 3.05) is 13.1 Å². The molecule has 0 amide bonds. The molecule has 0 aliphatic rings. The van der Waals surface area contributed by atoms with Crippen molar-refractivity contribution in [1.29, 1.82) is 0 Å². The van der Waals surface area contributed by atoms with Gasteiger partial charge < -0.3 is 5.73 Å². The van der Waals surface area contributed by atoms with Gasteiger partial charge in [0, 0.05) is 18.6 Å². The number of hydrogen-bond acceptors (Lipinski definition) is 2. The summed E-state index contributed by atoms with van der Waals surface area (Å²) in [5.74, 6) is 0. The molecular formula is C17H30N2. The molecule has 1 aromatic rings. The molecule has 1 aromatic carbocycles. The van der Waals surface area contributed by atoms with Gasteiger partial charge in [-0.05, 0) is 36.9 Å². The molecule has 0 aromatic heterocycles. The molecular weight excluding hydrogens is 232 g/mol. The minimum absolute atomic E-state index is 0.151. The quantitative estimate of drug-likeness (QED) is 0.776. The Morgan fingerprint density at radius 1 is 0.947 bits per heavy atom. The fourth-order valence-electron chi connectivity index (χ4n) is 2.83. The molecule has 0 bridgehead atoms. The first-order valence-corrected chi connectivity index (χ1v) is 7.68. The van der Waals surface area contributed by atoms with Gasteiger partial charge in [-0.2, -0.15) is 0 Å². The van der Waals surface area contributed by atoms with Crippen LogP contribution in [-0.4, -0.2) is 23.5 Å². The fraction of sp³-hybridized carbons (Fsp3) is 0.647. The van der Waals surface area contributed by atoms with E-state index in [1.807, 2.05) is 0 Å². The van der Waals surface area contributed by atoms with Gasteiger partial charge in [0.25, 0.3) is 0 Å². The van der Waals surface area contributed by atoms with E-state index in [9.17, 15) is 0 Å². The molecule has 2 nitrogen and oxygen atoms in total. The molecule has 2 heteroatoms. The third-order valence-electron chi connectivity index (χ3n) is 4.55. The Labute approximate surface area is 119 Å². The highest BCUT2D eigenvalue weighted by atomic mass is 15.2. The summed E-state index contributed by atoms with van der Waals surface area (Å²) >= 11 is 0. The van der Waals surface area contributed by atoms with Gasteiger partial charge in [-0.3, -0.25) is 4.90 Å². The Morgan fingerprint density at radius 3 is 1.84 bits per heavy atom. The Kier molecular flexibility index (Phi) is 6.53. The Morgan fingerprint density at radius 2 is 1.47 bits per heavy atom. The third kappa shape index (κ3) is 3.80. The number of nitrogens with zero attached hydrogens (tertiary/aromatic N) is 1. The summed E-state index contributed by atoms with van der Waals surface area (Å²) in [6.45, 7) is 11.7. The van der Waals surface area contributed by atoms with Crippen molar-refractivity contribution in [3.63, 3.8) is 0 Å². The smallest absolute Gasteiger partial charge is 0.0329 e. The van der Waals surface area contributed by atoms with Crippen LogP contribution in [0.2, 0.25) is 0 Å². The van der Waals surface area contributed by atoms with Gasteiger partial charge in [0.15, 0.2) is 0 Å². The van der Waals surface area contributed by atoms with Crippen LogP contribution in [0.25, 0.3) is 0 Å². The molecule has 1 rings (SSSR count). The topological polar surface area (TPSA) is 29.3 Å². The maximum Gasteiger partial charge on any atom is 0.0329 e. The minimum atomic E-state index is 0.151. The molecule has 0 unspecified atom stereocenters. The van der Waals surface area contributed by atoms with Crippen LogP contribution < -0.4 is 5.73 Å². The molecule has 0 radical (unpaired) electrons. The van der Waals surface area contributed by atoms with Crippen LogP contribution in [0.4, 0.5) is 0 Å². The van der Waals surface area contributed by atoms with Gasteiger partial charge >= 0.3 is 0 Å². The third-order valence-corrected chi connectivity index (χ3v) is 4.55. The second-order valence-corrected chi connectivity index (χ2v) is 5.32. The monoisotopic (exact) mass is 262 g/mol. The predicted molar refractivity (Wildman–Crippen MR) is 84.3 cm³/mol. The fourth-order valence-corrected chi connectivity index (χ4v) is 2.83. The summed E-state index contributed by atoms with van der Waals surface area (Å²) in [7, 11) is 0. The summed E-state index contributed by atoms with van der Waals surface area (Å²) < 4.78 is 0. The van der Waals surface area contributed by atoms with E-state index < -0.39 is 0 Å². The van der Waals surface area contributed by atoms with Crippen LogP contribution in [0.1, 0.15) is 51.7 Å². The van der Waals surface area contributed by atoms with E-state index in [1.54, 1.807) is 0 Å². The lowest BCUT2D eigenvalue weighted by molar-refractivity contribution is 0.0828. The lowest BCUT2D eigenvalue weighted by atomic mass is 9.90. The number of rotatable bonds is 8. The SMILES string of the molecule is CCc1ccc(CN(CC)C(CC)(CC)CN)cc1. The number of nitrogens with two attached hydrogens (primary N) is 1. The number of aryl methyl sites for hydroxylation is 1. The van der Waals surface area contributed by atoms with Crippen LogP contribution in [-0.2, 0) is 13.0 Å². The summed E-state index contributed by atoms with van der Waals surface area (Å²) in [6, 6.07) is 9.00. The van der Waals surface area contributed by atoms with E-state index in [1.165, 1.54) is 11.1 Å². The van der Waals surface area contributed by atoms with Gasteiger partial charge in [0.2, 0.25) is 0 Å². The van der Waals surface area contributed by atoms with Crippen LogP contribution in [0.5, 0.6) is 0 Å². The molecule has 0 saturated heterocycles. The molecule has 0 heterocycles. The number of likely N-dealkylation sites (N-methyl/N-ethyl adjacent to an activating group) is 1. The van der Waals surface area contributed by atoms with Crippen molar-refractivity contribution in [2.24, 2.45) is 5.73 Å². The molecule has 0 spiro atoms. The first-order chi connectivity index (χ1) is 9.15. The molecule has 0 fully saturated rings. The number of hydrogen-bond donors (Lipinski definition) is 1. The first kappa shape index (κ1) is 16.2. The molecule has 0 atom stereocenters. The largest absolute Gasteiger partial charge is 0.329 e. The molecule has 2 N–H and O–H groups in total. The summed E-state index contributed by atoms with van der Waals surface area (Å²) in [4.78, 5) is 2.54. The van der Waals surface area contributed by atoms with E-state index in [0.29, 0.717) is 0 Å². The maximum absolute atomic E-state index is 6.06. The lowest BCUT2D eigenvalue weighted by Gasteiger charge is -2.42. The van der Waals surface area contributed by atoms with Crippen LogP contribution >= 0.6 is 0 Å². The maximum atomic E-state index is 6.06. The van der Waals surface area contributed by atoms with Crippen molar-refractivity contribution < 1.29 is 0 Å². The van der Waals surface area contributed by atoms with E-state index in [2.05, 4.69) is 56.9 Å². The van der Waals surface area contributed by atoms with Crippen molar-refractivity contribution in [2.45, 2.75) is 59.0 Å². The van der Waals surface area contributed by atoms with E-state index in [-0.39, 0.29) is 5.54 Å². The summed E-state index contributed by atoms with van der Waals surface area (Å²) in [5.41, 5.74) is 9.01. The Balaban J connectivity index is 2.85. The highest BCUT2D eigenvalue weighted by Gasteiger charge is 2.30. The second-order valence-electron chi connectivity index (χ2n) is 5.32. The lowest BCUT2D eigenvalue weighted by Crippen LogP contribution is -2.52.